The Bertz CT molecular complexity index is 905. The standard InChI is InChI=1S/C23H34N2O5S/c1-17-6-10-19(22(27)30-23(2,3)4)16-24(17)21(26)13-9-18-7-11-20(12-8-18)25-14-5-15-31(25,28)29/h7-8,11-12,17,19H,5-6,9-10,13-16H2,1-4H3. The normalized spacial score (nSPS) is 23.6. The molecular weight excluding hydrogens is 416 g/mol. The third-order valence-corrected chi connectivity index (χ3v) is 7.76. The summed E-state index contributed by atoms with van der Waals surface area (Å²) in [5.41, 5.74) is 1.13. The summed E-state index contributed by atoms with van der Waals surface area (Å²) in [5.74, 6) is -0.278. The van der Waals surface area contributed by atoms with Crippen LogP contribution in [0.4, 0.5) is 5.69 Å². The van der Waals surface area contributed by atoms with Gasteiger partial charge >= 0.3 is 5.97 Å². The predicted octanol–water partition coefficient (Wildman–Crippen LogP) is 3.13. The first-order valence-electron chi connectivity index (χ1n) is 11.1. The third kappa shape index (κ3) is 5.99. The topological polar surface area (TPSA) is 84.0 Å². The molecule has 0 spiro atoms. The molecule has 172 valence electrons. The maximum absolute atomic E-state index is 12.9. The first kappa shape index (κ1) is 23.6. The molecule has 2 heterocycles. The van der Waals surface area contributed by atoms with Crippen LogP contribution in [0, 0.1) is 5.92 Å². The number of anilines is 1. The molecule has 1 aromatic carbocycles. The summed E-state index contributed by atoms with van der Waals surface area (Å²) in [6.07, 6.45) is 3.10. The van der Waals surface area contributed by atoms with E-state index in [-0.39, 0.29) is 29.6 Å². The molecule has 1 aromatic rings. The first-order valence-corrected chi connectivity index (χ1v) is 12.7. The van der Waals surface area contributed by atoms with Gasteiger partial charge in [-0.2, -0.15) is 0 Å². The van der Waals surface area contributed by atoms with Gasteiger partial charge in [-0.05, 0) is 71.1 Å². The number of sulfonamides is 1. The maximum Gasteiger partial charge on any atom is 0.311 e. The van der Waals surface area contributed by atoms with Crippen molar-refractivity contribution in [2.75, 3.05) is 23.1 Å². The molecule has 0 aromatic heterocycles. The summed E-state index contributed by atoms with van der Waals surface area (Å²) in [6.45, 7) is 8.50. The Hall–Kier alpha value is -2.09. The fourth-order valence-electron chi connectivity index (χ4n) is 4.19. The van der Waals surface area contributed by atoms with Crippen LogP contribution in [0.2, 0.25) is 0 Å². The van der Waals surface area contributed by atoms with Crippen molar-refractivity contribution >= 4 is 27.6 Å². The van der Waals surface area contributed by atoms with E-state index in [9.17, 15) is 18.0 Å². The van der Waals surface area contributed by atoms with Gasteiger partial charge in [-0.25, -0.2) is 8.42 Å². The second-order valence-electron chi connectivity index (χ2n) is 9.61. The average Bonchev–Trinajstić information content (AvgIpc) is 3.04. The van der Waals surface area contributed by atoms with Crippen LogP contribution >= 0.6 is 0 Å². The molecule has 0 bridgehead atoms. The number of nitrogens with zero attached hydrogens (tertiary/aromatic N) is 2. The number of hydrogen-bond donors (Lipinski definition) is 0. The van der Waals surface area contributed by atoms with Gasteiger partial charge < -0.3 is 9.64 Å². The molecule has 2 saturated heterocycles. The van der Waals surface area contributed by atoms with Gasteiger partial charge in [0.05, 0.1) is 17.4 Å². The molecule has 2 atom stereocenters. The van der Waals surface area contributed by atoms with E-state index < -0.39 is 15.6 Å². The minimum atomic E-state index is -3.19. The van der Waals surface area contributed by atoms with Crippen molar-refractivity contribution in [2.24, 2.45) is 5.92 Å². The molecule has 0 saturated carbocycles. The summed E-state index contributed by atoms with van der Waals surface area (Å²) in [6, 6.07) is 7.50. The number of piperidine rings is 1. The van der Waals surface area contributed by atoms with Crippen molar-refractivity contribution in [3.63, 3.8) is 0 Å². The lowest BCUT2D eigenvalue weighted by atomic mass is 9.92. The van der Waals surface area contributed by atoms with Gasteiger partial charge in [0.25, 0.3) is 0 Å². The minimum absolute atomic E-state index is 0.0342. The highest BCUT2D eigenvalue weighted by Gasteiger charge is 2.34. The van der Waals surface area contributed by atoms with Gasteiger partial charge in [0.2, 0.25) is 15.9 Å². The van der Waals surface area contributed by atoms with Gasteiger partial charge in [0.15, 0.2) is 0 Å². The molecule has 0 N–H and O–H groups in total. The van der Waals surface area contributed by atoms with E-state index in [2.05, 4.69) is 0 Å². The smallest absolute Gasteiger partial charge is 0.311 e. The van der Waals surface area contributed by atoms with Crippen LogP contribution in [0.1, 0.15) is 58.9 Å². The fourth-order valence-corrected chi connectivity index (χ4v) is 5.75. The number of amides is 1. The van der Waals surface area contributed by atoms with Gasteiger partial charge in [0, 0.05) is 25.6 Å². The van der Waals surface area contributed by atoms with Crippen LogP contribution in [0.3, 0.4) is 0 Å². The second-order valence-corrected chi connectivity index (χ2v) is 11.6. The van der Waals surface area contributed by atoms with E-state index in [0.29, 0.717) is 38.0 Å². The first-order chi connectivity index (χ1) is 14.5. The Morgan fingerprint density at radius 2 is 1.81 bits per heavy atom. The van der Waals surface area contributed by atoms with Crippen LogP contribution in [-0.4, -0.2) is 55.7 Å². The highest BCUT2D eigenvalue weighted by molar-refractivity contribution is 7.93. The molecule has 2 unspecified atom stereocenters. The number of esters is 1. The lowest BCUT2D eigenvalue weighted by molar-refractivity contribution is -0.163. The van der Waals surface area contributed by atoms with E-state index in [1.165, 1.54) is 4.31 Å². The molecule has 2 aliphatic heterocycles. The van der Waals surface area contributed by atoms with E-state index in [1.807, 2.05) is 56.9 Å². The number of ether oxygens (including phenoxy) is 1. The van der Waals surface area contributed by atoms with Crippen LogP contribution in [-0.2, 0) is 30.8 Å². The van der Waals surface area contributed by atoms with Crippen molar-refractivity contribution in [2.45, 2.75) is 71.4 Å². The van der Waals surface area contributed by atoms with Crippen molar-refractivity contribution < 1.29 is 22.7 Å². The van der Waals surface area contributed by atoms with Crippen molar-refractivity contribution in [1.82, 2.24) is 4.90 Å². The molecule has 3 rings (SSSR count). The van der Waals surface area contributed by atoms with Crippen LogP contribution in [0.5, 0.6) is 0 Å². The Kier molecular flexibility index (Phi) is 6.98. The van der Waals surface area contributed by atoms with Crippen LogP contribution in [0.15, 0.2) is 24.3 Å². The Morgan fingerprint density at radius 3 is 2.39 bits per heavy atom. The summed E-state index contributed by atoms with van der Waals surface area (Å²) < 4.78 is 31.1. The summed E-state index contributed by atoms with van der Waals surface area (Å²) in [7, 11) is -3.19. The number of carbonyl (C=O) groups excluding carboxylic acids is 2. The van der Waals surface area contributed by atoms with Crippen molar-refractivity contribution in [3.8, 4) is 0 Å². The minimum Gasteiger partial charge on any atom is -0.460 e. The zero-order valence-corrected chi connectivity index (χ0v) is 19.8. The monoisotopic (exact) mass is 450 g/mol. The van der Waals surface area contributed by atoms with E-state index in [4.69, 9.17) is 4.74 Å². The Labute approximate surface area is 185 Å². The van der Waals surface area contributed by atoms with E-state index >= 15 is 0 Å². The van der Waals surface area contributed by atoms with E-state index in [1.54, 1.807) is 0 Å². The maximum atomic E-state index is 12.9. The Balaban J connectivity index is 1.56. The zero-order valence-electron chi connectivity index (χ0n) is 19.0. The Morgan fingerprint density at radius 1 is 1.13 bits per heavy atom. The van der Waals surface area contributed by atoms with Crippen LogP contribution < -0.4 is 4.31 Å². The lowest BCUT2D eigenvalue weighted by Gasteiger charge is -2.38. The molecule has 0 radical (unpaired) electrons. The largest absolute Gasteiger partial charge is 0.460 e. The van der Waals surface area contributed by atoms with E-state index in [0.717, 1.165) is 18.4 Å². The number of hydrogen-bond acceptors (Lipinski definition) is 5. The van der Waals surface area contributed by atoms with Gasteiger partial charge in [-0.3, -0.25) is 13.9 Å². The lowest BCUT2D eigenvalue weighted by Crippen LogP contribution is -2.48. The summed E-state index contributed by atoms with van der Waals surface area (Å²) >= 11 is 0. The van der Waals surface area contributed by atoms with Gasteiger partial charge in [-0.1, -0.05) is 12.1 Å². The SMILES string of the molecule is CC1CCC(C(=O)OC(C)(C)C)CN1C(=O)CCc1ccc(N2CCCS2(=O)=O)cc1. The predicted molar refractivity (Wildman–Crippen MR) is 120 cm³/mol. The summed E-state index contributed by atoms with van der Waals surface area (Å²) in [4.78, 5) is 27.1. The molecule has 8 heteroatoms. The van der Waals surface area contributed by atoms with Crippen molar-refractivity contribution in [1.29, 1.82) is 0 Å². The molecule has 1 amide bonds. The number of carbonyl (C=O) groups is 2. The third-order valence-electron chi connectivity index (χ3n) is 5.89. The number of aryl methyl sites for hydroxylation is 1. The highest BCUT2D eigenvalue weighted by Crippen LogP contribution is 2.27. The number of likely N-dealkylation sites (tertiary alicyclic amines) is 1. The van der Waals surface area contributed by atoms with Gasteiger partial charge in [-0.15, -0.1) is 0 Å². The van der Waals surface area contributed by atoms with Crippen LogP contribution in [0.25, 0.3) is 0 Å². The average molecular weight is 451 g/mol. The zero-order chi connectivity index (χ0) is 22.8. The fraction of sp³-hybridized carbons (Fsp3) is 0.652. The second kappa shape index (κ2) is 9.18. The quantitative estimate of drug-likeness (QED) is 0.644. The molecule has 7 nitrogen and oxygen atoms in total. The molecule has 0 aliphatic carbocycles. The highest BCUT2D eigenvalue weighted by atomic mass is 32.2. The molecule has 2 aliphatic rings. The molecule has 2 fully saturated rings. The van der Waals surface area contributed by atoms with Crippen molar-refractivity contribution in [3.05, 3.63) is 29.8 Å². The van der Waals surface area contributed by atoms with Gasteiger partial charge in [0.1, 0.15) is 5.60 Å². The number of rotatable bonds is 5. The molecule has 31 heavy (non-hydrogen) atoms. The molecular formula is C23H34N2O5S. The summed E-state index contributed by atoms with van der Waals surface area (Å²) in [5, 5.41) is 0. The number of benzene rings is 1.